The van der Waals surface area contributed by atoms with Gasteiger partial charge in [0.05, 0.1) is 6.54 Å². The number of aliphatic hydroxyl groups is 1. The molecule has 1 rings (SSSR count). The maximum atomic E-state index is 13.1. The van der Waals surface area contributed by atoms with E-state index >= 15 is 0 Å². The van der Waals surface area contributed by atoms with Crippen molar-refractivity contribution in [1.82, 2.24) is 5.32 Å². The van der Waals surface area contributed by atoms with Gasteiger partial charge < -0.3 is 15.2 Å². The van der Waals surface area contributed by atoms with Crippen molar-refractivity contribution in [2.24, 2.45) is 0 Å². The summed E-state index contributed by atoms with van der Waals surface area (Å²) in [6, 6.07) is 5.28. The Bertz CT molecular complexity index is 436. The zero-order valence-electron chi connectivity index (χ0n) is 9.58. The minimum Gasteiger partial charge on any atom is -0.481 e. The molecule has 0 spiro atoms. The summed E-state index contributed by atoms with van der Waals surface area (Å²) in [7, 11) is 0. The van der Waals surface area contributed by atoms with Crippen molar-refractivity contribution >= 4 is 5.91 Å². The summed E-state index contributed by atoms with van der Waals surface area (Å²) >= 11 is 0. The molecular formula is C11H11F4NO3. The first kappa shape index (κ1) is 15.2. The predicted octanol–water partition coefficient (Wildman–Crippen LogP) is 1.24. The monoisotopic (exact) mass is 281 g/mol. The molecule has 8 heteroatoms. The average Bonchev–Trinajstić information content (AvgIpc) is 2.33. The fourth-order valence-corrected chi connectivity index (χ4v) is 1.08. The number of aliphatic hydroxyl groups excluding tert-OH is 1. The van der Waals surface area contributed by atoms with E-state index in [2.05, 4.69) is 0 Å². The van der Waals surface area contributed by atoms with Crippen LogP contribution in [-0.4, -0.2) is 36.4 Å². The van der Waals surface area contributed by atoms with Crippen molar-refractivity contribution in [3.63, 3.8) is 0 Å². The maximum Gasteiger partial charge on any atom is 0.416 e. The molecule has 0 aliphatic rings. The minimum absolute atomic E-state index is 0.186. The van der Waals surface area contributed by atoms with Crippen molar-refractivity contribution in [2.75, 3.05) is 13.2 Å². The van der Waals surface area contributed by atoms with Crippen LogP contribution < -0.4 is 10.1 Å². The fourth-order valence-electron chi connectivity index (χ4n) is 1.08. The SMILES string of the molecule is O=C(COc1ccccc1F)NCC(O)C(F)(F)F. The number of hydrogen-bond donors (Lipinski definition) is 2. The average molecular weight is 281 g/mol. The first-order chi connectivity index (χ1) is 8.80. The van der Waals surface area contributed by atoms with Crippen LogP contribution in [0, 0.1) is 5.82 Å². The Hall–Kier alpha value is -1.83. The molecular weight excluding hydrogens is 270 g/mol. The highest BCUT2D eigenvalue weighted by molar-refractivity contribution is 5.77. The lowest BCUT2D eigenvalue weighted by molar-refractivity contribution is -0.201. The van der Waals surface area contributed by atoms with Crippen LogP contribution in [0.4, 0.5) is 17.6 Å². The van der Waals surface area contributed by atoms with Crippen LogP contribution in [0.25, 0.3) is 0 Å². The quantitative estimate of drug-likeness (QED) is 0.798. The molecule has 0 heterocycles. The number of amides is 1. The molecule has 1 amide bonds. The topological polar surface area (TPSA) is 58.6 Å². The molecule has 0 bridgehead atoms. The summed E-state index contributed by atoms with van der Waals surface area (Å²) in [4.78, 5) is 11.1. The van der Waals surface area contributed by atoms with Gasteiger partial charge in [0.15, 0.2) is 24.3 Å². The predicted molar refractivity (Wildman–Crippen MR) is 57.0 cm³/mol. The zero-order chi connectivity index (χ0) is 14.5. The highest BCUT2D eigenvalue weighted by Crippen LogP contribution is 2.19. The van der Waals surface area contributed by atoms with E-state index in [-0.39, 0.29) is 5.75 Å². The second kappa shape index (κ2) is 6.37. The standard InChI is InChI=1S/C11H11F4NO3/c12-7-3-1-2-4-8(7)19-6-10(18)16-5-9(17)11(13,14)15/h1-4,9,17H,5-6H2,(H,16,18). The van der Waals surface area contributed by atoms with E-state index in [0.29, 0.717) is 0 Å². The van der Waals surface area contributed by atoms with Crippen molar-refractivity contribution in [3.05, 3.63) is 30.1 Å². The number of alkyl halides is 3. The van der Waals surface area contributed by atoms with Gasteiger partial charge in [-0.15, -0.1) is 0 Å². The lowest BCUT2D eigenvalue weighted by Crippen LogP contribution is -2.42. The Morgan fingerprint density at radius 1 is 1.37 bits per heavy atom. The van der Waals surface area contributed by atoms with Crippen LogP contribution in [0.15, 0.2) is 24.3 Å². The number of rotatable bonds is 5. The van der Waals surface area contributed by atoms with E-state index in [1.165, 1.54) is 18.2 Å². The van der Waals surface area contributed by atoms with Crippen LogP contribution in [0.2, 0.25) is 0 Å². The molecule has 0 saturated heterocycles. The minimum atomic E-state index is -4.81. The lowest BCUT2D eigenvalue weighted by atomic mass is 10.3. The number of para-hydroxylation sites is 1. The van der Waals surface area contributed by atoms with Gasteiger partial charge in [-0.3, -0.25) is 4.79 Å². The van der Waals surface area contributed by atoms with Gasteiger partial charge >= 0.3 is 6.18 Å². The Balaban J connectivity index is 2.35. The summed E-state index contributed by atoms with van der Waals surface area (Å²) in [5.74, 6) is -1.77. The summed E-state index contributed by atoms with van der Waals surface area (Å²) < 4.78 is 53.6. The highest BCUT2D eigenvalue weighted by atomic mass is 19.4. The van der Waals surface area contributed by atoms with Gasteiger partial charge in [-0.25, -0.2) is 4.39 Å². The molecule has 4 nitrogen and oxygen atoms in total. The smallest absolute Gasteiger partial charge is 0.416 e. The van der Waals surface area contributed by atoms with Crippen LogP contribution >= 0.6 is 0 Å². The van der Waals surface area contributed by atoms with Gasteiger partial charge in [-0.1, -0.05) is 12.1 Å². The molecule has 19 heavy (non-hydrogen) atoms. The number of ether oxygens (including phenoxy) is 1. The lowest BCUT2D eigenvalue weighted by Gasteiger charge is -2.15. The fraction of sp³-hybridized carbons (Fsp3) is 0.364. The number of benzene rings is 1. The molecule has 0 saturated carbocycles. The van der Waals surface area contributed by atoms with Crippen LogP contribution in [0.5, 0.6) is 5.75 Å². The van der Waals surface area contributed by atoms with Gasteiger partial charge in [0.25, 0.3) is 5.91 Å². The molecule has 0 fully saturated rings. The largest absolute Gasteiger partial charge is 0.481 e. The Labute approximate surface area is 106 Å². The van der Waals surface area contributed by atoms with Crippen LogP contribution in [0.1, 0.15) is 0 Å². The molecule has 106 valence electrons. The molecule has 1 aromatic rings. The maximum absolute atomic E-state index is 13.1. The normalized spacial score (nSPS) is 12.9. The van der Waals surface area contributed by atoms with E-state index in [4.69, 9.17) is 9.84 Å². The summed E-state index contributed by atoms with van der Waals surface area (Å²) in [5, 5.41) is 10.4. The third-order valence-electron chi connectivity index (χ3n) is 2.07. The number of carbonyl (C=O) groups excluding carboxylic acids is 1. The molecule has 0 aliphatic heterocycles. The van der Waals surface area contributed by atoms with Crippen molar-refractivity contribution in [2.45, 2.75) is 12.3 Å². The third-order valence-corrected chi connectivity index (χ3v) is 2.07. The van der Waals surface area contributed by atoms with Crippen molar-refractivity contribution < 1.29 is 32.2 Å². The number of nitrogens with one attached hydrogen (secondary N) is 1. The summed E-state index contributed by atoms with van der Waals surface area (Å²) in [6.07, 6.45) is -7.45. The van der Waals surface area contributed by atoms with Crippen LogP contribution in [-0.2, 0) is 4.79 Å². The molecule has 2 N–H and O–H groups in total. The van der Waals surface area contributed by atoms with Crippen molar-refractivity contribution in [1.29, 1.82) is 0 Å². The molecule has 0 aliphatic carbocycles. The molecule has 0 aromatic heterocycles. The number of hydrogen-bond acceptors (Lipinski definition) is 3. The Morgan fingerprint density at radius 2 is 2.00 bits per heavy atom. The summed E-state index contributed by atoms with van der Waals surface area (Å²) in [5.41, 5.74) is 0. The number of halogens is 4. The van der Waals surface area contributed by atoms with E-state index in [9.17, 15) is 22.4 Å². The van der Waals surface area contributed by atoms with E-state index in [0.717, 1.165) is 6.07 Å². The Kier molecular flexibility index (Phi) is 5.11. The molecule has 1 atom stereocenters. The van der Waals surface area contributed by atoms with Gasteiger partial charge in [0.1, 0.15) is 0 Å². The Morgan fingerprint density at radius 3 is 2.58 bits per heavy atom. The van der Waals surface area contributed by atoms with E-state index < -0.39 is 37.2 Å². The van der Waals surface area contributed by atoms with Crippen LogP contribution in [0.3, 0.4) is 0 Å². The zero-order valence-corrected chi connectivity index (χ0v) is 9.58. The van der Waals surface area contributed by atoms with Gasteiger partial charge in [0, 0.05) is 0 Å². The second-order valence-electron chi connectivity index (χ2n) is 3.58. The second-order valence-corrected chi connectivity index (χ2v) is 3.58. The summed E-state index contributed by atoms with van der Waals surface area (Å²) in [6.45, 7) is -1.63. The molecule has 1 unspecified atom stereocenters. The molecule has 1 aromatic carbocycles. The van der Waals surface area contributed by atoms with Crippen molar-refractivity contribution in [3.8, 4) is 5.75 Å². The number of carbonyl (C=O) groups is 1. The highest BCUT2D eigenvalue weighted by Gasteiger charge is 2.38. The third kappa shape index (κ3) is 5.12. The van der Waals surface area contributed by atoms with Gasteiger partial charge in [0.2, 0.25) is 0 Å². The first-order valence-electron chi connectivity index (χ1n) is 5.19. The van der Waals surface area contributed by atoms with E-state index in [1.807, 2.05) is 5.32 Å². The van der Waals surface area contributed by atoms with Gasteiger partial charge in [-0.05, 0) is 12.1 Å². The molecule has 0 radical (unpaired) electrons. The van der Waals surface area contributed by atoms with Gasteiger partial charge in [-0.2, -0.15) is 13.2 Å². The van der Waals surface area contributed by atoms with E-state index in [1.54, 1.807) is 0 Å². The first-order valence-corrected chi connectivity index (χ1v) is 5.19.